The van der Waals surface area contributed by atoms with Gasteiger partial charge in [-0.2, -0.15) is 6.42 Å². The summed E-state index contributed by atoms with van der Waals surface area (Å²) in [5.41, 5.74) is 0.863. The van der Waals surface area contributed by atoms with Crippen molar-refractivity contribution in [1.29, 1.82) is 0 Å². The normalized spacial score (nSPS) is 35.2. The van der Waals surface area contributed by atoms with Gasteiger partial charge in [0.2, 0.25) is 0 Å². The Labute approximate surface area is 124 Å². The molecule has 2 nitrogen and oxygen atoms in total. The van der Waals surface area contributed by atoms with E-state index >= 15 is 0 Å². The molecule has 2 aliphatic rings. The van der Waals surface area contributed by atoms with Gasteiger partial charge in [0.25, 0.3) is 0 Å². The minimum atomic E-state index is -0.170. The van der Waals surface area contributed by atoms with Crippen LogP contribution in [0.4, 0.5) is 0 Å². The van der Waals surface area contributed by atoms with Gasteiger partial charge in [0, 0.05) is 53.1 Å². The van der Waals surface area contributed by atoms with Gasteiger partial charge in [-0.05, 0) is 6.42 Å². The Morgan fingerprint density at radius 3 is 3.00 bits per heavy atom. The molecule has 15 heavy (non-hydrogen) atoms. The SMILES string of the molecule is C[C@@]12CC[CH-][C@@H]1C=C(CO)CCC2=O.[Pr]. The quantitative estimate of drug-likeness (QED) is 0.587. The first kappa shape index (κ1) is 13.8. The Kier molecular flexibility index (Phi) is 4.95. The van der Waals surface area contributed by atoms with Gasteiger partial charge in [-0.15, -0.1) is 12.0 Å². The first-order valence-corrected chi connectivity index (χ1v) is 5.34. The van der Waals surface area contributed by atoms with Gasteiger partial charge >= 0.3 is 0 Å². The van der Waals surface area contributed by atoms with Crippen LogP contribution in [0.25, 0.3) is 0 Å². The molecule has 1 fully saturated rings. The maximum Gasteiger partial charge on any atom is 0.136 e. The summed E-state index contributed by atoms with van der Waals surface area (Å²) >= 11 is 0. The minimum absolute atomic E-state index is 0. The fraction of sp³-hybridized carbons (Fsp3) is 0.667. The zero-order chi connectivity index (χ0) is 10.2. The Bertz CT molecular complexity index is 285. The maximum absolute atomic E-state index is 11.9. The molecule has 0 spiro atoms. The summed E-state index contributed by atoms with van der Waals surface area (Å²) in [6.07, 6.45) is 7.69. The molecule has 0 amide bonds. The Morgan fingerprint density at radius 1 is 1.60 bits per heavy atom. The molecule has 81 valence electrons. The molecule has 1 N–H and O–H groups in total. The topological polar surface area (TPSA) is 37.3 Å². The van der Waals surface area contributed by atoms with Crippen molar-refractivity contribution in [1.82, 2.24) is 0 Å². The van der Waals surface area contributed by atoms with Crippen molar-refractivity contribution in [3.05, 3.63) is 18.1 Å². The van der Waals surface area contributed by atoms with Crippen molar-refractivity contribution >= 4 is 5.78 Å². The van der Waals surface area contributed by atoms with E-state index in [1.165, 1.54) is 0 Å². The molecule has 0 aromatic rings. The second-order valence-corrected chi connectivity index (χ2v) is 4.62. The molecule has 0 aliphatic heterocycles. The molecule has 1 radical (unpaired) electrons. The molecule has 0 aromatic heterocycles. The number of fused-ring (bicyclic) bond motifs is 1. The third kappa shape index (κ3) is 2.53. The van der Waals surface area contributed by atoms with E-state index in [0.29, 0.717) is 12.2 Å². The zero-order valence-corrected chi connectivity index (χ0v) is 12.9. The minimum Gasteiger partial charge on any atom is -0.392 e. The first-order chi connectivity index (χ1) is 6.66. The van der Waals surface area contributed by atoms with E-state index in [4.69, 9.17) is 5.11 Å². The fourth-order valence-corrected chi connectivity index (χ4v) is 2.60. The van der Waals surface area contributed by atoms with Crippen LogP contribution >= 0.6 is 0 Å². The molecular weight excluding hydrogens is 317 g/mol. The van der Waals surface area contributed by atoms with Crippen LogP contribution in [0.1, 0.15) is 32.6 Å². The van der Waals surface area contributed by atoms with E-state index in [-0.39, 0.29) is 59.2 Å². The molecular formula is C12H17O2Pr-. The third-order valence-corrected chi connectivity index (χ3v) is 3.75. The van der Waals surface area contributed by atoms with Crippen molar-refractivity contribution in [3.8, 4) is 0 Å². The third-order valence-electron chi connectivity index (χ3n) is 3.75. The van der Waals surface area contributed by atoms with Crippen LogP contribution in [0.3, 0.4) is 0 Å². The summed E-state index contributed by atoms with van der Waals surface area (Å²) in [7, 11) is 0. The van der Waals surface area contributed by atoms with Crippen molar-refractivity contribution < 1.29 is 51.2 Å². The van der Waals surface area contributed by atoms with E-state index in [2.05, 4.69) is 19.4 Å². The summed E-state index contributed by atoms with van der Waals surface area (Å²) in [6.45, 7) is 2.17. The predicted molar refractivity (Wildman–Crippen MR) is 54.5 cm³/mol. The molecule has 2 atom stereocenters. The van der Waals surface area contributed by atoms with Crippen LogP contribution in [-0.4, -0.2) is 17.5 Å². The Balaban J connectivity index is 0.00000112. The number of allylic oxidation sites excluding steroid dienone is 1. The van der Waals surface area contributed by atoms with E-state index in [0.717, 1.165) is 24.8 Å². The summed E-state index contributed by atoms with van der Waals surface area (Å²) < 4.78 is 0. The van der Waals surface area contributed by atoms with E-state index in [1.807, 2.05) is 0 Å². The van der Waals surface area contributed by atoms with Crippen LogP contribution in [0.5, 0.6) is 0 Å². The number of rotatable bonds is 1. The number of ketones is 1. The molecule has 0 saturated heterocycles. The average Bonchev–Trinajstić information content (AvgIpc) is 2.50. The van der Waals surface area contributed by atoms with Crippen molar-refractivity contribution in [3.63, 3.8) is 0 Å². The number of hydrogen-bond acceptors (Lipinski definition) is 2. The zero-order valence-electron chi connectivity index (χ0n) is 9.20. The number of carbonyl (C=O) groups is 1. The number of aliphatic hydroxyl groups excluding tert-OH is 1. The predicted octanol–water partition coefficient (Wildman–Crippen LogP) is 1.89. The number of Topliss-reactive ketones (excluding diaryl/α,β-unsaturated/α-hetero) is 1. The summed E-state index contributed by atoms with van der Waals surface area (Å²) in [6, 6.07) is 0. The van der Waals surface area contributed by atoms with E-state index in [1.54, 1.807) is 0 Å². The number of carbonyl (C=O) groups excluding carboxylic acids is 1. The van der Waals surface area contributed by atoms with Gasteiger partial charge in [-0.3, -0.25) is 4.79 Å². The van der Waals surface area contributed by atoms with Crippen molar-refractivity contribution in [2.45, 2.75) is 32.6 Å². The van der Waals surface area contributed by atoms with Gasteiger partial charge in [-0.25, -0.2) is 0 Å². The smallest absolute Gasteiger partial charge is 0.136 e. The molecule has 0 bridgehead atoms. The second-order valence-electron chi connectivity index (χ2n) is 4.62. The van der Waals surface area contributed by atoms with Gasteiger partial charge in [0.1, 0.15) is 5.78 Å². The average molecular weight is 334 g/mol. The van der Waals surface area contributed by atoms with Crippen LogP contribution in [0.2, 0.25) is 0 Å². The largest absolute Gasteiger partial charge is 0.392 e. The standard InChI is InChI=1S/C12H17O2.Pr/c1-12-6-2-3-10(12)7-9(8-13)4-5-11(12)14;/h3,7,10,13H,2,4-6,8H2,1H3;/q-1;/t10-,12-;/m1./s1. The van der Waals surface area contributed by atoms with Gasteiger partial charge < -0.3 is 11.5 Å². The van der Waals surface area contributed by atoms with Crippen LogP contribution in [0, 0.1) is 59.0 Å². The molecule has 0 aromatic carbocycles. The Hall–Kier alpha value is 0.734. The number of aliphatic hydroxyl groups is 1. The summed E-state index contributed by atoms with van der Waals surface area (Å²) in [5.74, 6) is 0.635. The van der Waals surface area contributed by atoms with Gasteiger partial charge in [0.15, 0.2) is 0 Å². The van der Waals surface area contributed by atoms with E-state index < -0.39 is 0 Å². The summed E-state index contributed by atoms with van der Waals surface area (Å²) in [4.78, 5) is 11.9. The van der Waals surface area contributed by atoms with Gasteiger partial charge in [-0.1, -0.05) is 18.9 Å². The molecule has 1 saturated carbocycles. The fourth-order valence-electron chi connectivity index (χ4n) is 2.60. The van der Waals surface area contributed by atoms with Crippen molar-refractivity contribution in [2.24, 2.45) is 11.3 Å². The van der Waals surface area contributed by atoms with Crippen molar-refractivity contribution in [2.75, 3.05) is 6.61 Å². The van der Waals surface area contributed by atoms with Crippen LogP contribution in [0.15, 0.2) is 11.6 Å². The molecule has 0 heterocycles. The monoisotopic (exact) mass is 334 g/mol. The second kappa shape index (κ2) is 5.38. The first-order valence-electron chi connectivity index (χ1n) is 5.34. The van der Waals surface area contributed by atoms with Crippen LogP contribution < -0.4 is 0 Å². The van der Waals surface area contributed by atoms with E-state index in [9.17, 15) is 4.79 Å². The maximum atomic E-state index is 11.9. The van der Waals surface area contributed by atoms with Gasteiger partial charge in [0.05, 0.1) is 6.61 Å². The van der Waals surface area contributed by atoms with Crippen LogP contribution in [-0.2, 0) is 4.79 Å². The molecule has 3 heteroatoms. The molecule has 2 rings (SSSR count). The molecule has 0 unspecified atom stereocenters. The Morgan fingerprint density at radius 2 is 2.33 bits per heavy atom. The number of hydrogen-bond donors (Lipinski definition) is 1. The summed E-state index contributed by atoms with van der Waals surface area (Å²) in [5, 5.41) is 9.11. The molecule has 2 aliphatic carbocycles.